The number of carbonyl (C=O) groups is 2. The summed E-state index contributed by atoms with van der Waals surface area (Å²) in [5.74, 6) is 0.838. The number of rotatable bonds is 10. The molecule has 1 aliphatic rings. The lowest BCUT2D eigenvalue weighted by molar-refractivity contribution is -0.120. The van der Waals surface area contributed by atoms with Crippen LogP contribution in [-0.2, 0) is 23.1 Å². The van der Waals surface area contributed by atoms with Gasteiger partial charge in [0.2, 0.25) is 23.0 Å². The number of hydrogen-bond acceptors (Lipinski definition) is 8. The van der Waals surface area contributed by atoms with Gasteiger partial charge < -0.3 is 34.7 Å². The van der Waals surface area contributed by atoms with Crippen molar-refractivity contribution in [1.29, 1.82) is 0 Å². The van der Waals surface area contributed by atoms with Gasteiger partial charge in [0.05, 0.1) is 50.4 Å². The molecule has 46 heavy (non-hydrogen) atoms. The van der Waals surface area contributed by atoms with E-state index in [1.54, 1.807) is 39.8 Å². The van der Waals surface area contributed by atoms with Gasteiger partial charge in [-0.15, -0.1) is 0 Å². The van der Waals surface area contributed by atoms with Crippen molar-refractivity contribution < 1.29 is 23.8 Å². The largest absolute Gasteiger partial charge is 0.493 e. The highest BCUT2D eigenvalue weighted by Gasteiger charge is 2.30. The van der Waals surface area contributed by atoms with Gasteiger partial charge in [-0.1, -0.05) is 26.3 Å². The molecule has 1 heterocycles. The molecular formula is C35H41N5O6. The van der Waals surface area contributed by atoms with E-state index in [9.17, 15) is 14.4 Å². The van der Waals surface area contributed by atoms with Gasteiger partial charge >= 0.3 is 0 Å². The summed E-state index contributed by atoms with van der Waals surface area (Å²) in [4.78, 5) is 44.3. The molecule has 4 aromatic rings. The Hall–Kier alpha value is -5.06. The third kappa shape index (κ3) is 6.22. The Labute approximate surface area is 268 Å². The van der Waals surface area contributed by atoms with Gasteiger partial charge in [-0.05, 0) is 71.8 Å². The fourth-order valence-corrected chi connectivity index (χ4v) is 6.13. The predicted octanol–water partition coefficient (Wildman–Crippen LogP) is 5.22. The molecule has 1 aromatic heterocycles. The molecule has 0 saturated heterocycles. The lowest BCUT2D eigenvalue weighted by Crippen LogP contribution is -2.40. The summed E-state index contributed by atoms with van der Waals surface area (Å²) in [5, 5.41) is 9.29. The fraction of sp³-hybridized carbons (Fsp3) is 0.371. The molecular weight excluding hydrogens is 586 g/mol. The minimum atomic E-state index is -0.711. The molecule has 3 unspecified atom stereocenters. The summed E-state index contributed by atoms with van der Waals surface area (Å²) in [6, 6.07) is 11.4. The molecule has 2 amide bonds. The van der Waals surface area contributed by atoms with Crippen LogP contribution in [0.4, 0.5) is 11.4 Å². The van der Waals surface area contributed by atoms with Crippen LogP contribution in [0, 0.1) is 5.92 Å². The van der Waals surface area contributed by atoms with Crippen molar-refractivity contribution in [2.45, 2.75) is 52.1 Å². The van der Waals surface area contributed by atoms with Crippen LogP contribution in [0.2, 0.25) is 0 Å². The Bertz CT molecular complexity index is 1850. The number of nitrogens with one attached hydrogen (secondary N) is 3. The molecule has 3 N–H and O–H groups in total. The first kappa shape index (κ1) is 32.3. The van der Waals surface area contributed by atoms with Gasteiger partial charge in [0.25, 0.3) is 0 Å². The molecule has 0 radical (unpaired) electrons. The minimum absolute atomic E-state index is 0.106. The van der Waals surface area contributed by atoms with Crippen LogP contribution in [0.1, 0.15) is 50.8 Å². The number of carbonyl (C=O) groups excluding carboxylic acids is 2. The normalized spacial score (nSPS) is 15.1. The van der Waals surface area contributed by atoms with Crippen LogP contribution in [0.3, 0.4) is 0 Å². The molecule has 242 valence electrons. The third-order valence-electron chi connectivity index (χ3n) is 8.72. The van der Waals surface area contributed by atoms with Crippen molar-refractivity contribution >= 4 is 34.2 Å². The first-order chi connectivity index (χ1) is 22.1. The zero-order valence-corrected chi connectivity index (χ0v) is 27.3. The highest BCUT2D eigenvalue weighted by molar-refractivity contribution is 5.98. The lowest BCUT2D eigenvalue weighted by Gasteiger charge is -2.24. The number of ether oxygens (including phenoxy) is 3. The van der Waals surface area contributed by atoms with Crippen molar-refractivity contribution in [2.24, 2.45) is 13.0 Å². The quantitative estimate of drug-likeness (QED) is 0.218. The van der Waals surface area contributed by atoms with Crippen molar-refractivity contribution in [3.63, 3.8) is 0 Å². The average Bonchev–Trinajstić information content (AvgIpc) is 3.24. The van der Waals surface area contributed by atoms with Crippen LogP contribution >= 0.6 is 0 Å². The Morgan fingerprint density at radius 3 is 2.48 bits per heavy atom. The maximum atomic E-state index is 13.9. The SMILES string of the molecule is CCC(C)C(Nc1ccc2c(cc1=O)C(NC(C)=O)CCc1cc(OC)c(OC)c(OC)c1-2)C(=O)Nc1ccc2c(c1)ncn2C. The molecule has 0 fully saturated rings. The van der Waals surface area contributed by atoms with Gasteiger partial charge in [0, 0.05) is 25.2 Å². The molecule has 11 nitrogen and oxygen atoms in total. The molecule has 11 heteroatoms. The summed E-state index contributed by atoms with van der Waals surface area (Å²) in [5.41, 5.74) is 5.33. The Kier molecular flexibility index (Phi) is 9.50. The second-order valence-corrected chi connectivity index (χ2v) is 11.7. The van der Waals surface area contributed by atoms with E-state index in [-0.39, 0.29) is 28.8 Å². The number of nitrogens with zero attached hydrogens (tertiary/aromatic N) is 2. The number of imidazole rings is 1. The standard InChI is InChI=1S/C35H41N5O6/c1-8-19(2)32(35(43)38-22-10-14-28-27(16-22)36-18-40(28)4)39-26-13-11-23-24(17-29(26)42)25(37-20(3)41)12-9-21-15-30(44-5)33(45-6)34(46-7)31(21)23/h10-11,13-19,25,32H,8-9,12H2,1-7H3,(H,37,41)(H,38,43)(H,39,42). The van der Waals surface area contributed by atoms with Gasteiger partial charge in [-0.25, -0.2) is 4.98 Å². The number of fused-ring (bicyclic) bond motifs is 4. The molecule has 1 aliphatic carbocycles. The van der Waals surface area contributed by atoms with E-state index in [1.165, 1.54) is 6.92 Å². The van der Waals surface area contributed by atoms with Crippen LogP contribution in [0.15, 0.2) is 53.6 Å². The van der Waals surface area contributed by atoms with Crippen LogP contribution in [0.5, 0.6) is 17.2 Å². The molecule has 0 spiro atoms. The van der Waals surface area contributed by atoms with Gasteiger partial charge in [0.15, 0.2) is 11.5 Å². The number of aromatic nitrogens is 2. The van der Waals surface area contributed by atoms with E-state index in [1.807, 2.05) is 55.8 Å². The first-order valence-corrected chi connectivity index (χ1v) is 15.4. The van der Waals surface area contributed by atoms with Gasteiger partial charge in [-0.2, -0.15) is 0 Å². The Morgan fingerprint density at radius 2 is 1.80 bits per heavy atom. The number of anilines is 2. The number of aryl methyl sites for hydroxylation is 2. The zero-order valence-electron chi connectivity index (χ0n) is 27.3. The second-order valence-electron chi connectivity index (χ2n) is 11.7. The Morgan fingerprint density at radius 1 is 1.04 bits per heavy atom. The number of benzene rings is 2. The topological polar surface area (TPSA) is 133 Å². The van der Waals surface area contributed by atoms with Gasteiger partial charge in [0.1, 0.15) is 6.04 Å². The summed E-state index contributed by atoms with van der Waals surface area (Å²) in [6.45, 7) is 5.43. The molecule has 3 atom stereocenters. The number of hydrogen-bond donors (Lipinski definition) is 3. The molecule has 0 bridgehead atoms. The summed E-state index contributed by atoms with van der Waals surface area (Å²) in [7, 11) is 6.58. The van der Waals surface area contributed by atoms with Crippen LogP contribution < -0.4 is 35.6 Å². The lowest BCUT2D eigenvalue weighted by atomic mass is 9.95. The summed E-state index contributed by atoms with van der Waals surface area (Å²) >= 11 is 0. The maximum Gasteiger partial charge on any atom is 0.247 e. The van der Waals surface area contributed by atoms with Crippen molar-refractivity contribution in [1.82, 2.24) is 14.9 Å². The minimum Gasteiger partial charge on any atom is -0.493 e. The average molecular weight is 628 g/mol. The highest BCUT2D eigenvalue weighted by Crippen LogP contribution is 2.50. The summed E-state index contributed by atoms with van der Waals surface area (Å²) < 4.78 is 19.1. The molecule has 0 aliphatic heterocycles. The van der Waals surface area contributed by atoms with Crippen molar-refractivity contribution in [2.75, 3.05) is 32.0 Å². The van der Waals surface area contributed by atoms with Crippen LogP contribution in [0.25, 0.3) is 22.2 Å². The predicted molar refractivity (Wildman–Crippen MR) is 179 cm³/mol. The fourth-order valence-electron chi connectivity index (χ4n) is 6.13. The van der Waals surface area contributed by atoms with E-state index in [4.69, 9.17) is 14.2 Å². The second kappa shape index (κ2) is 13.5. The first-order valence-electron chi connectivity index (χ1n) is 15.4. The molecule has 3 aromatic carbocycles. The van der Waals surface area contributed by atoms with Crippen LogP contribution in [-0.4, -0.2) is 48.7 Å². The highest BCUT2D eigenvalue weighted by atomic mass is 16.5. The van der Waals surface area contributed by atoms with Crippen molar-refractivity contribution in [3.8, 4) is 28.4 Å². The third-order valence-corrected chi connectivity index (χ3v) is 8.72. The Balaban J connectivity index is 1.59. The number of amides is 2. The van der Waals surface area contributed by atoms with E-state index in [2.05, 4.69) is 20.9 Å². The van der Waals surface area contributed by atoms with E-state index in [0.29, 0.717) is 53.3 Å². The zero-order chi connectivity index (χ0) is 33.1. The van der Waals surface area contributed by atoms with E-state index >= 15 is 0 Å². The van der Waals surface area contributed by atoms with E-state index in [0.717, 1.165) is 22.2 Å². The molecule has 5 rings (SSSR count). The molecule has 0 saturated carbocycles. The smallest absolute Gasteiger partial charge is 0.247 e. The number of methoxy groups -OCH3 is 3. The maximum absolute atomic E-state index is 13.9. The van der Waals surface area contributed by atoms with Gasteiger partial charge in [-0.3, -0.25) is 14.4 Å². The van der Waals surface area contributed by atoms with E-state index < -0.39 is 12.1 Å². The monoisotopic (exact) mass is 627 g/mol. The van der Waals surface area contributed by atoms with Crippen molar-refractivity contribution in [3.05, 3.63) is 70.1 Å². The summed E-state index contributed by atoms with van der Waals surface area (Å²) in [6.07, 6.45) is 3.56.